The summed E-state index contributed by atoms with van der Waals surface area (Å²) >= 11 is 6.18. The minimum Gasteiger partial charge on any atom is -0.391 e. The van der Waals surface area contributed by atoms with Gasteiger partial charge in [0, 0.05) is 19.5 Å². The van der Waals surface area contributed by atoms with Crippen molar-refractivity contribution >= 4 is 11.6 Å². The average molecular weight is 258 g/mol. The fourth-order valence-corrected chi connectivity index (χ4v) is 2.69. The van der Waals surface area contributed by atoms with E-state index in [1.165, 1.54) is 12.8 Å². The van der Waals surface area contributed by atoms with Gasteiger partial charge in [-0.25, -0.2) is 0 Å². The minimum absolute atomic E-state index is 0.190. The fourth-order valence-electron chi connectivity index (χ4n) is 2.45. The molecule has 1 aromatic rings. The first-order chi connectivity index (χ1) is 8.09. The monoisotopic (exact) mass is 257 g/mol. The van der Waals surface area contributed by atoms with Crippen LogP contribution in [0.25, 0.3) is 0 Å². The molecule has 2 rings (SSSR count). The minimum atomic E-state index is -0.386. The van der Waals surface area contributed by atoms with Crippen LogP contribution in [0, 0.1) is 6.92 Å². The largest absolute Gasteiger partial charge is 0.391 e. The van der Waals surface area contributed by atoms with Gasteiger partial charge in [-0.15, -0.1) is 0 Å². The molecule has 1 aliphatic heterocycles. The molecule has 2 unspecified atom stereocenters. The second-order valence-electron chi connectivity index (χ2n) is 4.80. The summed E-state index contributed by atoms with van der Waals surface area (Å²) in [6.07, 6.45) is 3.60. The molecule has 2 N–H and O–H groups in total. The summed E-state index contributed by atoms with van der Waals surface area (Å²) in [6, 6.07) is 0.190. The second-order valence-corrected chi connectivity index (χ2v) is 5.18. The number of aliphatic hydroxyl groups excluding tert-OH is 1. The first kappa shape index (κ1) is 12.9. The van der Waals surface area contributed by atoms with Crippen molar-refractivity contribution in [3.05, 3.63) is 16.4 Å². The van der Waals surface area contributed by atoms with E-state index in [2.05, 4.69) is 10.4 Å². The van der Waals surface area contributed by atoms with Crippen LogP contribution in [0.5, 0.6) is 0 Å². The van der Waals surface area contributed by atoms with E-state index in [9.17, 15) is 5.11 Å². The van der Waals surface area contributed by atoms with Crippen LogP contribution in [-0.4, -0.2) is 33.6 Å². The summed E-state index contributed by atoms with van der Waals surface area (Å²) in [5, 5.41) is 18.5. The van der Waals surface area contributed by atoms with Gasteiger partial charge in [-0.2, -0.15) is 5.10 Å². The number of aliphatic hydroxyl groups is 1. The number of rotatable bonds is 3. The molecular formula is C12H20ClN3O. The molecule has 2 atom stereocenters. The Morgan fingerprint density at radius 2 is 2.35 bits per heavy atom. The highest BCUT2D eigenvalue weighted by atomic mass is 35.5. The van der Waals surface area contributed by atoms with Crippen LogP contribution < -0.4 is 5.32 Å². The van der Waals surface area contributed by atoms with Gasteiger partial charge >= 0.3 is 0 Å². The van der Waals surface area contributed by atoms with Crippen LogP contribution in [0.15, 0.2) is 0 Å². The molecule has 2 heterocycles. The Labute approximate surface area is 107 Å². The van der Waals surface area contributed by atoms with Crippen molar-refractivity contribution in [2.75, 3.05) is 6.54 Å². The van der Waals surface area contributed by atoms with Crippen molar-refractivity contribution in [1.82, 2.24) is 15.1 Å². The molecule has 4 nitrogen and oxygen atoms in total. The fraction of sp³-hybridized carbons (Fsp3) is 0.750. The zero-order chi connectivity index (χ0) is 12.4. The lowest BCUT2D eigenvalue weighted by Gasteiger charge is -2.28. The summed E-state index contributed by atoms with van der Waals surface area (Å²) in [5.74, 6) is 0. The molecule has 1 aromatic heterocycles. The van der Waals surface area contributed by atoms with E-state index in [1.54, 1.807) is 4.68 Å². The molecule has 1 saturated heterocycles. The van der Waals surface area contributed by atoms with Crippen molar-refractivity contribution in [1.29, 1.82) is 0 Å². The lowest BCUT2D eigenvalue weighted by Crippen LogP contribution is -2.44. The average Bonchev–Trinajstić information content (AvgIpc) is 2.57. The maximum absolute atomic E-state index is 10.2. The third-order valence-electron chi connectivity index (χ3n) is 3.48. The number of halogens is 1. The van der Waals surface area contributed by atoms with E-state index in [4.69, 9.17) is 11.6 Å². The van der Waals surface area contributed by atoms with Gasteiger partial charge < -0.3 is 10.4 Å². The Morgan fingerprint density at radius 3 is 2.88 bits per heavy atom. The third-order valence-corrected chi connectivity index (χ3v) is 3.97. The second kappa shape index (κ2) is 5.38. The topological polar surface area (TPSA) is 50.1 Å². The van der Waals surface area contributed by atoms with Gasteiger partial charge in [0.1, 0.15) is 0 Å². The predicted octanol–water partition coefficient (Wildman–Crippen LogP) is 1.43. The molecule has 0 aromatic carbocycles. The van der Waals surface area contributed by atoms with Crippen LogP contribution in [0.2, 0.25) is 5.02 Å². The Balaban J connectivity index is 2.04. The number of nitrogens with zero attached hydrogens (tertiary/aromatic N) is 2. The molecule has 1 aliphatic rings. The van der Waals surface area contributed by atoms with Crippen LogP contribution >= 0.6 is 11.6 Å². The SMILES string of the molecule is Cc1nn(C)c(CC(O)C2CCCCN2)c1Cl. The number of aromatic nitrogens is 2. The van der Waals surface area contributed by atoms with Gasteiger partial charge in [0.25, 0.3) is 0 Å². The highest BCUT2D eigenvalue weighted by Gasteiger charge is 2.24. The quantitative estimate of drug-likeness (QED) is 0.861. The first-order valence-electron chi connectivity index (χ1n) is 6.19. The molecule has 1 fully saturated rings. The maximum Gasteiger partial charge on any atom is 0.0847 e. The van der Waals surface area contributed by atoms with Gasteiger partial charge in [0.15, 0.2) is 0 Å². The number of hydrogen-bond acceptors (Lipinski definition) is 3. The number of hydrogen-bond donors (Lipinski definition) is 2. The summed E-state index contributed by atoms with van der Waals surface area (Å²) in [4.78, 5) is 0. The van der Waals surface area contributed by atoms with E-state index in [0.29, 0.717) is 11.4 Å². The number of nitrogens with one attached hydrogen (secondary N) is 1. The van der Waals surface area contributed by atoms with Crippen LogP contribution in [-0.2, 0) is 13.5 Å². The third kappa shape index (κ3) is 2.81. The normalized spacial score (nSPS) is 22.7. The molecule has 96 valence electrons. The van der Waals surface area contributed by atoms with Gasteiger partial charge in [-0.05, 0) is 26.3 Å². The van der Waals surface area contributed by atoms with E-state index in [-0.39, 0.29) is 12.1 Å². The van der Waals surface area contributed by atoms with Gasteiger partial charge in [-0.1, -0.05) is 18.0 Å². The van der Waals surface area contributed by atoms with E-state index in [1.807, 2.05) is 14.0 Å². The summed E-state index contributed by atoms with van der Waals surface area (Å²) in [7, 11) is 1.87. The molecular weight excluding hydrogens is 238 g/mol. The standard InChI is InChI=1S/C12H20ClN3O/c1-8-12(13)10(16(2)15-8)7-11(17)9-5-3-4-6-14-9/h9,11,14,17H,3-7H2,1-2H3. The first-order valence-corrected chi connectivity index (χ1v) is 6.57. The summed E-state index contributed by atoms with van der Waals surface area (Å²) in [6.45, 7) is 2.89. The van der Waals surface area contributed by atoms with Crippen molar-refractivity contribution in [2.45, 2.75) is 44.8 Å². The van der Waals surface area contributed by atoms with Gasteiger partial charge in [0.2, 0.25) is 0 Å². The van der Waals surface area contributed by atoms with E-state index < -0.39 is 0 Å². The zero-order valence-electron chi connectivity index (χ0n) is 10.4. The highest BCUT2D eigenvalue weighted by molar-refractivity contribution is 6.31. The van der Waals surface area contributed by atoms with E-state index in [0.717, 1.165) is 24.4 Å². The van der Waals surface area contributed by atoms with Crippen LogP contribution in [0.3, 0.4) is 0 Å². The molecule has 0 radical (unpaired) electrons. The summed E-state index contributed by atoms with van der Waals surface area (Å²) < 4.78 is 1.77. The van der Waals surface area contributed by atoms with E-state index >= 15 is 0 Å². The number of aryl methyl sites for hydroxylation is 2. The van der Waals surface area contributed by atoms with Crippen LogP contribution in [0.1, 0.15) is 30.7 Å². The molecule has 0 spiro atoms. The zero-order valence-corrected chi connectivity index (χ0v) is 11.2. The number of piperidine rings is 1. The van der Waals surface area contributed by atoms with Crippen molar-refractivity contribution in [3.63, 3.8) is 0 Å². The smallest absolute Gasteiger partial charge is 0.0847 e. The Hall–Kier alpha value is -0.580. The van der Waals surface area contributed by atoms with Gasteiger partial charge in [0.05, 0.1) is 22.5 Å². The van der Waals surface area contributed by atoms with Crippen molar-refractivity contribution < 1.29 is 5.11 Å². The Kier molecular flexibility index (Phi) is 4.07. The molecule has 0 bridgehead atoms. The highest BCUT2D eigenvalue weighted by Crippen LogP contribution is 2.22. The maximum atomic E-state index is 10.2. The summed E-state index contributed by atoms with van der Waals surface area (Å²) in [5.41, 5.74) is 1.75. The van der Waals surface area contributed by atoms with Crippen molar-refractivity contribution in [3.8, 4) is 0 Å². The molecule has 17 heavy (non-hydrogen) atoms. The molecule has 0 aliphatic carbocycles. The van der Waals surface area contributed by atoms with Gasteiger partial charge in [-0.3, -0.25) is 4.68 Å². The van der Waals surface area contributed by atoms with Crippen LogP contribution in [0.4, 0.5) is 0 Å². The lowest BCUT2D eigenvalue weighted by atomic mass is 9.97. The Morgan fingerprint density at radius 1 is 1.59 bits per heavy atom. The molecule has 0 amide bonds. The Bertz CT molecular complexity index is 385. The molecule has 5 heteroatoms. The molecule has 0 saturated carbocycles. The lowest BCUT2D eigenvalue weighted by molar-refractivity contribution is 0.111. The van der Waals surface area contributed by atoms with Crippen molar-refractivity contribution in [2.24, 2.45) is 7.05 Å². The predicted molar refractivity (Wildman–Crippen MR) is 68.3 cm³/mol.